The van der Waals surface area contributed by atoms with Crippen LogP contribution in [0.15, 0.2) is 42.6 Å². The van der Waals surface area contributed by atoms with Crippen LogP contribution in [0.5, 0.6) is 0 Å². The Morgan fingerprint density at radius 1 is 1.04 bits per heavy atom. The average Bonchev–Trinajstić information content (AvgIpc) is 3.42. The van der Waals surface area contributed by atoms with Gasteiger partial charge in [0.15, 0.2) is 0 Å². The molecule has 3 amide bonds. The lowest BCUT2D eigenvalue weighted by Crippen LogP contribution is -2.39. The molecule has 2 aromatic carbocycles. The van der Waals surface area contributed by atoms with Crippen molar-refractivity contribution in [1.82, 2.24) is 19.7 Å². The summed E-state index contributed by atoms with van der Waals surface area (Å²) in [5.41, 5.74) is 2.52. The number of likely N-dealkylation sites (tertiary alicyclic amines) is 2. The molecule has 5 rings (SSSR count). The Bertz CT molecular complexity index is 1580. The van der Waals surface area contributed by atoms with Crippen molar-refractivity contribution in [2.75, 3.05) is 52.3 Å². The largest absolute Gasteiger partial charge is 0.471 e. The highest BCUT2D eigenvalue weighted by Gasteiger charge is 2.38. The molecule has 0 aliphatic carbocycles. The molecule has 1 atom stereocenters. The van der Waals surface area contributed by atoms with E-state index in [4.69, 9.17) is 4.74 Å². The van der Waals surface area contributed by atoms with Crippen molar-refractivity contribution >= 4 is 34.3 Å². The number of piperidine rings is 2. The minimum absolute atomic E-state index is 0.0786. The molecule has 9 nitrogen and oxygen atoms in total. The molecule has 0 saturated carbocycles. The van der Waals surface area contributed by atoms with E-state index in [-0.39, 0.29) is 30.2 Å². The fourth-order valence-electron chi connectivity index (χ4n) is 6.47. The van der Waals surface area contributed by atoms with E-state index >= 15 is 0 Å². The first-order valence-electron chi connectivity index (χ1n) is 15.5. The SMILES string of the molecule is COCCn1cc(C(=O)N2CCC(c3cc(CNC(=O)C(F)(F)F)ccc3F)CC2)c2c(NC(=O)C3CCCN(C)C3)cccc21. The van der Waals surface area contributed by atoms with Gasteiger partial charge < -0.3 is 29.7 Å². The van der Waals surface area contributed by atoms with Crippen LogP contribution in [0.2, 0.25) is 0 Å². The number of carbonyl (C=O) groups excluding carboxylic acids is 3. The van der Waals surface area contributed by atoms with Crippen molar-refractivity contribution in [3.63, 3.8) is 0 Å². The van der Waals surface area contributed by atoms with E-state index in [0.29, 0.717) is 73.4 Å². The average molecular weight is 646 g/mol. The zero-order valence-corrected chi connectivity index (χ0v) is 26.0. The molecule has 2 N–H and O–H groups in total. The Morgan fingerprint density at radius 2 is 1.80 bits per heavy atom. The number of hydrogen-bond donors (Lipinski definition) is 2. The van der Waals surface area contributed by atoms with Crippen LogP contribution in [0.4, 0.5) is 23.2 Å². The molecule has 2 fully saturated rings. The summed E-state index contributed by atoms with van der Waals surface area (Å²) in [4.78, 5) is 42.4. The number of halogens is 4. The number of ether oxygens (including phenoxy) is 1. The highest BCUT2D eigenvalue weighted by atomic mass is 19.4. The fourth-order valence-corrected chi connectivity index (χ4v) is 6.47. The normalized spacial score (nSPS) is 18.1. The third kappa shape index (κ3) is 7.52. The molecule has 3 heterocycles. The van der Waals surface area contributed by atoms with Gasteiger partial charge in [-0.05, 0) is 74.5 Å². The lowest BCUT2D eigenvalue weighted by molar-refractivity contribution is -0.173. The smallest absolute Gasteiger partial charge is 0.383 e. The van der Waals surface area contributed by atoms with Crippen molar-refractivity contribution in [2.45, 2.75) is 50.9 Å². The Morgan fingerprint density at radius 3 is 2.50 bits per heavy atom. The van der Waals surface area contributed by atoms with Gasteiger partial charge in [0.1, 0.15) is 5.82 Å². The first-order valence-corrected chi connectivity index (χ1v) is 15.5. The summed E-state index contributed by atoms with van der Waals surface area (Å²) >= 11 is 0. The molecule has 1 unspecified atom stereocenters. The number of amides is 3. The molecule has 0 bridgehead atoms. The highest BCUT2D eigenvalue weighted by Crippen LogP contribution is 2.34. The van der Waals surface area contributed by atoms with Gasteiger partial charge in [0.05, 0.1) is 29.3 Å². The number of benzene rings is 2. The maximum atomic E-state index is 14.8. The van der Waals surface area contributed by atoms with E-state index in [0.717, 1.165) is 24.9 Å². The van der Waals surface area contributed by atoms with Gasteiger partial charge in [0.2, 0.25) is 5.91 Å². The number of nitrogens with zero attached hydrogens (tertiary/aromatic N) is 3. The second kappa shape index (κ2) is 14.2. The monoisotopic (exact) mass is 645 g/mol. The molecule has 0 radical (unpaired) electrons. The summed E-state index contributed by atoms with van der Waals surface area (Å²) in [6.07, 6.45) is -0.579. The van der Waals surface area contributed by atoms with E-state index in [9.17, 15) is 31.9 Å². The number of alkyl halides is 3. The van der Waals surface area contributed by atoms with Crippen LogP contribution >= 0.6 is 0 Å². The lowest BCUT2D eigenvalue weighted by Gasteiger charge is -2.32. The number of aromatic nitrogens is 1. The second-order valence-corrected chi connectivity index (χ2v) is 12.1. The fraction of sp³-hybridized carbons (Fsp3) is 0.485. The van der Waals surface area contributed by atoms with Crippen molar-refractivity contribution in [2.24, 2.45) is 5.92 Å². The molecular formula is C33H39F4N5O4. The van der Waals surface area contributed by atoms with Gasteiger partial charge in [-0.3, -0.25) is 14.4 Å². The number of hydrogen-bond acceptors (Lipinski definition) is 5. The van der Waals surface area contributed by atoms with Crippen LogP contribution in [0.3, 0.4) is 0 Å². The van der Waals surface area contributed by atoms with Crippen molar-refractivity contribution < 1.29 is 36.7 Å². The second-order valence-electron chi connectivity index (χ2n) is 12.1. The van der Waals surface area contributed by atoms with E-state index in [2.05, 4.69) is 10.2 Å². The first kappa shape index (κ1) is 33.4. The standard InChI is InChI=1S/C33H39F4N5O4/c1-40-12-4-5-23(19-40)30(43)39-27-6-3-7-28-29(27)25(20-42(28)15-16-46-2)31(44)41-13-10-22(11-14-41)24-17-21(8-9-26(24)34)18-38-32(45)33(35,36)37/h3,6-9,17,20,22-23H,4-5,10-16,18-19H2,1-2H3,(H,38,45)(H,39,43). The minimum Gasteiger partial charge on any atom is -0.383 e. The number of methoxy groups -OCH3 is 1. The van der Waals surface area contributed by atoms with Gasteiger partial charge in [-0.2, -0.15) is 13.2 Å². The summed E-state index contributed by atoms with van der Waals surface area (Å²) in [6.45, 7) is 2.85. The zero-order valence-electron chi connectivity index (χ0n) is 26.0. The molecule has 3 aromatic rings. The molecular weight excluding hydrogens is 606 g/mol. The quantitative estimate of drug-likeness (QED) is 0.323. The van der Waals surface area contributed by atoms with E-state index in [1.807, 2.05) is 35.1 Å². The Labute approximate surface area is 264 Å². The number of anilines is 1. The Kier molecular flexibility index (Phi) is 10.3. The topological polar surface area (TPSA) is 95.9 Å². The lowest BCUT2D eigenvalue weighted by atomic mass is 9.88. The summed E-state index contributed by atoms with van der Waals surface area (Å²) in [7, 11) is 3.60. The molecule has 2 aliphatic heterocycles. The molecule has 2 saturated heterocycles. The highest BCUT2D eigenvalue weighted by molar-refractivity contribution is 6.14. The Hall–Kier alpha value is -3.97. The van der Waals surface area contributed by atoms with Crippen LogP contribution < -0.4 is 10.6 Å². The third-order valence-electron chi connectivity index (χ3n) is 8.92. The molecule has 248 valence electrons. The van der Waals surface area contributed by atoms with Crippen LogP contribution in [-0.4, -0.2) is 85.2 Å². The van der Waals surface area contributed by atoms with E-state index < -0.39 is 17.9 Å². The third-order valence-corrected chi connectivity index (χ3v) is 8.92. The molecule has 0 spiro atoms. The van der Waals surface area contributed by atoms with Gasteiger partial charge >= 0.3 is 12.1 Å². The van der Waals surface area contributed by atoms with Crippen LogP contribution in [0.25, 0.3) is 10.9 Å². The maximum Gasteiger partial charge on any atom is 0.471 e. The number of carbonyl (C=O) groups is 3. The maximum absolute atomic E-state index is 14.8. The molecule has 13 heteroatoms. The summed E-state index contributed by atoms with van der Waals surface area (Å²) in [5.74, 6) is -3.23. The van der Waals surface area contributed by atoms with Gasteiger partial charge in [-0.15, -0.1) is 0 Å². The van der Waals surface area contributed by atoms with Crippen LogP contribution in [0, 0.1) is 11.7 Å². The number of fused-ring (bicyclic) bond motifs is 1. The summed E-state index contributed by atoms with van der Waals surface area (Å²) < 4.78 is 59.9. The van der Waals surface area contributed by atoms with Crippen LogP contribution in [-0.2, 0) is 27.4 Å². The van der Waals surface area contributed by atoms with Crippen LogP contribution in [0.1, 0.15) is 53.1 Å². The Balaban J connectivity index is 1.33. The minimum atomic E-state index is -5.00. The van der Waals surface area contributed by atoms with Crippen molar-refractivity contribution in [1.29, 1.82) is 0 Å². The van der Waals surface area contributed by atoms with E-state index in [1.54, 1.807) is 18.2 Å². The predicted molar refractivity (Wildman–Crippen MR) is 165 cm³/mol. The molecule has 1 aromatic heterocycles. The zero-order chi connectivity index (χ0) is 33.0. The number of rotatable bonds is 9. The van der Waals surface area contributed by atoms with Gasteiger partial charge in [-0.25, -0.2) is 4.39 Å². The summed E-state index contributed by atoms with van der Waals surface area (Å²) in [5, 5.41) is 5.57. The van der Waals surface area contributed by atoms with Gasteiger partial charge in [0, 0.05) is 51.4 Å². The van der Waals surface area contributed by atoms with E-state index in [1.165, 1.54) is 18.2 Å². The van der Waals surface area contributed by atoms with Gasteiger partial charge in [-0.1, -0.05) is 18.2 Å². The van der Waals surface area contributed by atoms with Crippen molar-refractivity contribution in [3.8, 4) is 0 Å². The van der Waals surface area contributed by atoms with Gasteiger partial charge in [0.25, 0.3) is 5.91 Å². The predicted octanol–water partition coefficient (Wildman–Crippen LogP) is 4.91. The molecule has 2 aliphatic rings. The van der Waals surface area contributed by atoms with Crippen molar-refractivity contribution in [3.05, 3.63) is 65.1 Å². The summed E-state index contributed by atoms with van der Waals surface area (Å²) in [6, 6.07) is 9.59. The molecule has 46 heavy (non-hydrogen) atoms. The first-order chi connectivity index (χ1) is 22.0. The number of nitrogens with one attached hydrogen (secondary N) is 2.